The van der Waals surface area contributed by atoms with Crippen molar-refractivity contribution in [1.29, 1.82) is 0 Å². The van der Waals surface area contributed by atoms with Crippen LogP contribution in [0.5, 0.6) is 0 Å². The highest BCUT2D eigenvalue weighted by Crippen LogP contribution is 2.38. The smallest absolute Gasteiger partial charge is 0.304 e. The number of amides is 1. The van der Waals surface area contributed by atoms with Crippen LogP contribution in [0.3, 0.4) is 0 Å². The highest BCUT2D eigenvalue weighted by molar-refractivity contribution is 5.84. The minimum absolute atomic E-state index is 0.0684. The maximum Gasteiger partial charge on any atom is 0.304 e. The zero-order chi connectivity index (χ0) is 13.3. The molecular formula is C13H16N2O3. The van der Waals surface area contributed by atoms with Crippen LogP contribution in [0.4, 0.5) is 5.69 Å². The molecule has 0 saturated carbocycles. The van der Waals surface area contributed by atoms with Crippen molar-refractivity contribution < 1.29 is 14.7 Å². The molecule has 2 unspecified atom stereocenters. The average molecular weight is 248 g/mol. The maximum atomic E-state index is 11.3. The van der Waals surface area contributed by atoms with E-state index in [1.165, 1.54) is 0 Å². The third-order valence-electron chi connectivity index (χ3n) is 3.40. The van der Waals surface area contributed by atoms with Gasteiger partial charge in [0.2, 0.25) is 5.91 Å². The molecule has 96 valence electrons. The van der Waals surface area contributed by atoms with Gasteiger partial charge in [-0.1, -0.05) is 18.2 Å². The summed E-state index contributed by atoms with van der Waals surface area (Å²) in [4.78, 5) is 24.0. The molecule has 5 nitrogen and oxygen atoms in total. The number of primary amides is 1. The van der Waals surface area contributed by atoms with Crippen LogP contribution in [0.15, 0.2) is 24.3 Å². The van der Waals surface area contributed by atoms with Gasteiger partial charge in [0.1, 0.15) is 6.04 Å². The Labute approximate surface area is 105 Å². The van der Waals surface area contributed by atoms with Crippen molar-refractivity contribution in [3.63, 3.8) is 0 Å². The molecule has 1 aromatic carbocycles. The summed E-state index contributed by atoms with van der Waals surface area (Å²) in [5, 5.41) is 8.92. The molecule has 0 radical (unpaired) electrons. The van der Waals surface area contributed by atoms with Crippen LogP contribution in [-0.4, -0.2) is 29.6 Å². The summed E-state index contributed by atoms with van der Waals surface area (Å²) in [5.41, 5.74) is 7.21. The third kappa shape index (κ3) is 2.16. The van der Waals surface area contributed by atoms with Gasteiger partial charge in [-0.25, -0.2) is 0 Å². The van der Waals surface area contributed by atoms with E-state index in [1.54, 1.807) is 6.92 Å². The number of carboxylic acid groups (broad SMARTS) is 1. The van der Waals surface area contributed by atoms with E-state index in [1.807, 2.05) is 29.2 Å². The van der Waals surface area contributed by atoms with Gasteiger partial charge in [-0.15, -0.1) is 0 Å². The summed E-state index contributed by atoms with van der Waals surface area (Å²) < 4.78 is 0. The normalized spacial score (nSPS) is 19.4. The zero-order valence-electron chi connectivity index (χ0n) is 10.2. The monoisotopic (exact) mass is 248 g/mol. The summed E-state index contributed by atoms with van der Waals surface area (Å²) in [7, 11) is 0. The number of aliphatic carboxylic acids is 1. The Morgan fingerprint density at radius 1 is 1.50 bits per heavy atom. The molecule has 18 heavy (non-hydrogen) atoms. The number of carboxylic acids is 1. The van der Waals surface area contributed by atoms with Gasteiger partial charge in [0.25, 0.3) is 0 Å². The summed E-state index contributed by atoms with van der Waals surface area (Å²) in [6.07, 6.45) is 0.0684. The number of anilines is 1. The first-order valence-corrected chi connectivity index (χ1v) is 5.87. The molecule has 1 amide bonds. The number of rotatable bonds is 4. The Morgan fingerprint density at radius 3 is 2.78 bits per heavy atom. The lowest BCUT2D eigenvalue weighted by Gasteiger charge is -2.25. The summed E-state index contributed by atoms with van der Waals surface area (Å²) in [6.45, 7) is 2.26. The quantitative estimate of drug-likeness (QED) is 0.830. The molecule has 3 N–H and O–H groups in total. The first-order chi connectivity index (χ1) is 8.50. The summed E-state index contributed by atoms with van der Waals surface area (Å²) in [6, 6.07) is 7.15. The van der Waals surface area contributed by atoms with Crippen LogP contribution in [0.25, 0.3) is 0 Å². The van der Waals surface area contributed by atoms with Crippen molar-refractivity contribution in [1.82, 2.24) is 0 Å². The van der Waals surface area contributed by atoms with Crippen LogP contribution in [0.2, 0.25) is 0 Å². The van der Waals surface area contributed by atoms with Gasteiger partial charge in [0, 0.05) is 18.2 Å². The number of nitrogens with zero attached hydrogens (tertiary/aromatic N) is 1. The van der Waals surface area contributed by atoms with Gasteiger partial charge in [0.05, 0.1) is 6.42 Å². The lowest BCUT2D eigenvalue weighted by atomic mass is 9.98. The predicted octanol–water partition coefficient (Wildman–Crippen LogP) is 0.939. The van der Waals surface area contributed by atoms with Crippen LogP contribution < -0.4 is 10.6 Å². The number of nitrogens with two attached hydrogens (primary N) is 1. The van der Waals surface area contributed by atoms with E-state index in [0.717, 1.165) is 11.3 Å². The van der Waals surface area contributed by atoms with Gasteiger partial charge >= 0.3 is 5.97 Å². The van der Waals surface area contributed by atoms with Crippen molar-refractivity contribution in [2.24, 2.45) is 5.73 Å². The SMILES string of the molecule is CC(C(N)=O)N1CC(CC(=O)O)c2ccccc21. The molecule has 0 aliphatic carbocycles. The number of fused-ring (bicyclic) bond motifs is 1. The molecule has 0 bridgehead atoms. The fourth-order valence-corrected chi connectivity index (χ4v) is 2.43. The Bertz CT molecular complexity index is 487. The predicted molar refractivity (Wildman–Crippen MR) is 67.4 cm³/mol. The summed E-state index contributed by atoms with van der Waals surface area (Å²) in [5.74, 6) is -1.32. The number of hydrogen-bond donors (Lipinski definition) is 2. The molecule has 0 fully saturated rings. The highest BCUT2D eigenvalue weighted by Gasteiger charge is 2.33. The van der Waals surface area contributed by atoms with Crippen LogP contribution in [-0.2, 0) is 9.59 Å². The zero-order valence-corrected chi connectivity index (χ0v) is 10.2. The van der Waals surface area contributed by atoms with E-state index in [9.17, 15) is 9.59 Å². The first-order valence-electron chi connectivity index (χ1n) is 5.87. The lowest BCUT2D eigenvalue weighted by Crippen LogP contribution is -2.42. The van der Waals surface area contributed by atoms with Crippen molar-refractivity contribution in [2.75, 3.05) is 11.4 Å². The number of carbonyl (C=O) groups excluding carboxylic acids is 1. The van der Waals surface area contributed by atoms with Gasteiger partial charge in [-0.3, -0.25) is 9.59 Å². The number of hydrogen-bond acceptors (Lipinski definition) is 3. The Morgan fingerprint density at radius 2 is 2.17 bits per heavy atom. The van der Waals surface area contributed by atoms with Crippen molar-refractivity contribution in [3.8, 4) is 0 Å². The molecule has 1 aliphatic rings. The maximum absolute atomic E-state index is 11.3. The molecule has 1 aliphatic heterocycles. The van der Waals surface area contributed by atoms with Gasteiger partial charge in [-0.05, 0) is 18.6 Å². The molecule has 0 aromatic heterocycles. The van der Waals surface area contributed by atoms with Crippen LogP contribution in [0, 0.1) is 0 Å². The fourth-order valence-electron chi connectivity index (χ4n) is 2.43. The second kappa shape index (κ2) is 4.68. The number of carbonyl (C=O) groups is 2. The largest absolute Gasteiger partial charge is 0.481 e. The fraction of sp³-hybridized carbons (Fsp3) is 0.385. The van der Waals surface area contributed by atoms with E-state index in [-0.39, 0.29) is 12.3 Å². The van der Waals surface area contributed by atoms with Crippen LogP contribution in [0.1, 0.15) is 24.8 Å². The average Bonchev–Trinajstić information content (AvgIpc) is 2.67. The molecule has 1 aromatic rings. The molecule has 2 atom stereocenters. The first kappa shape index (κ1) is 12.4. The minimum Gasteiger partial charge on any atom is -0.481 e. The second-order valence-corrected chi connectivity index (χ2v) is 4.58. The molecule has 0 saturated heterocycles. The van der Waals surface area contributed by atoms with Crippen molar-refractivity contribution in [3.05, 3.63) is 29.8 Å². The summed E-state index contributed by atoms with van der Waals surface area (Å²) >= 11 is 0. The van der Waals surface area contributed by atoms with E-state index >= 15 is 0 Å². The van der Waals surface area contributed by atoms with Gasteiger partial charge in [-0.2, -0.15) is 0 Å². The Balaban J connectivity index is 2.32. The Hall–Kier alpha value is -2.04. The topological polar surface area (TPSA) is 83.6 Å². The van der Waals surface area contributed by atoms with E-state index in [4.69, 9.17) is 10.8 Å². The number of benzene rings is 1. The third-order valence-corrected chi connectivity index (χ3v) is 3.40. The second-order valence-electron chi connectivity index (χ2n) is 4.58. The van der Waals surface area contributed by atoms with Crippen molar-refractivity contribution in [2.45, 2.75) is 25.3 Å². The van der Waals surface area contributed by atoms with E-state index in [2.05, 4.69) is 0 Å². The molecule has 0 spiro atoms. The van der Waals surface area contributed by atoms with Crippen LogP contribution >= 0.6 is 0 Å². The van der Waals surface area contributed by atoms with Gasteiger partial charge in [0.15, 0.2) is 0 Å². The molecular weight excluding hydrogens is 232 g/mol. The van der Waals surface area contributed by atoms with Crippen molar-refractivity contribution >= 4 is 17.6 Å². The molecule has 5 heteroatoms. The lowest BCUT2D eigenvalue weighted by molar-refractivity contribution is -0.137. The number of para-hydroxylation sites is 1. The van der Waals surface area contributed by atoms with E-state index < -0.39 is 17.9 Å². The minimum atomic E-state index is -0.830. The Kier molecular flexibility index (Phi) is 3.23. The van der Waals surface area contributed by atoms with Gasteiger partial charge < -0.3 is 15.7 Å². The molecule has 2 rings (SSSR count). The standard InChI is InChI=1S/C13H16N2O3/c1-8(13(14)18)15-7-9(6-12(16)17)10-4-2-3-5-11(10)15/h2-5,8-9H,6-7H2,1H3,(H2,14,18)(H,16,17). The highest BCUT2D eigenvalue weighted by atomic mass is 16.4. The van der Waals surface area contributed by atoms with E-state index in [0.29, 0.717) is 6.54 Å². The molecule has 1 heterocycles.